The summed E-state index contributed by atoms with van der Waals surface area (Å²) in [7, 11) is 0. The largest absolute Gasteiger partial charge is 0.505 e. The molecule has 0 aliphatic carbocycles. The number of H-pyrrole nitrogens is 1. The monoisotopic (exact) mass is 372 g/mol. The molecular formula is C23H22N3O2+. The summed E-state index contributed by atoms with van der Waals surface area (Å²) >= 11 is 0. The van der Waals surface area contributed by atoms with Crippen molar-refractivity contribution in [1.29, 1.82) is 0 Å². The fraction of sp³-hybridized carbons (Fsp3) is 0.130. The lowest BCUT2D eigenvalue weighted by Crippen LogP contribution is -2.18. The van der Waals surface area contributed by atoms with Crippen molar-refractivity contribution in [2.24, 2.45) is 0 Å². The number of ether oxygens (including phenoxy) is 1. The van der Waals surface area contributed by atoms with Crippen molar-refractivity contribution in [3.05, 3.63) is 90.3 Å². The van der Waals surface area contributed by atoms with E-state index in [-0.39, 0.29) is 11.8 Å². The van der Waals surface area contributed by atoms with Gasteiger partial charge in [0, 0.05) is 28.8 Å². The number of phenolic OH excluding ortho intramolecular Hbond substituents is 1. The standard InChI is InChI=1S/C23H21N3O2/c1-2-28-18-11-8-17(9-12-18)21(26-20-7-3-4-14-24-20)19-13-10-16-6-5-15-25-22(16)23(19)27/h3-15,21,27H,2H2,1H3,(H,24,26)/p+1/t21-/m0/s1. The van der Waals surface area contributed by atoms with Crippen LogP contribution in [0.2, 0.25) is 0 Å². The zero-order valence-corrected chi connectivity index (χ0v) is 15.6. The maximum atomic E-state index is 11.0. The Morgan fingerprint density at radius 2 is 1.89 bits per heavy atom. The van der Waals surface area contributed by atoms with Crippen LogP contribution in [0.1, 0.15) is 24.1 Å². The first-order valence-corrected chi connectivity index (χ1v) is 9.29. The molecule has 0 fully saturated rings. The van der Waals surface area contributed by atoms with E-state index in [2.05, 4.69) is 15.3 Å². The number of hydrogen-bond donors (Lipinski definition) is 2. The molecule has 0 saturated heterocycles. The Morgan fingerprint density at radius 3 is 2.64 bits per heavy atom. The highest BCUT2D eigenvalue weighted by Crippen LogP contribution is 2.36. The quantitative estimate of drug-likeness (QED) is 0.528. The first kappa shape index (κ1) is 17.8. The molecule has 0 aliphatic rings. The number of aromatic hydroxyl groups is 1. The van der Waals surface area contributed by atoms with Crippen LogP contribution < -0.4 is 15.0 Å². The van der Waals surface area contributed by atoms with Gasteiger partial charge in [-0.2, -0.15) is 0 Å². The van der Waals surface area contributed by atoms with E-state index < -0.39 is 0 Å². The predicted molar refractivity (Wildman–Crippen MR) is 109 cm³/mol. The summed E-state index contributed by atoms with van der Waals surface area (Å²) < 4.78 is 5.56. The van der Waals surface area contributed by atoms with Crippen LogP contribution in [0.25, 0.3) is 10.9 Å². The first-order valence-electron chi connectivity index (χ1n) is 9.29. The highest BCUT2D eigenvalue weighted by atomic mass is 16.5. The zero-order chi connectivity index (χ0) is 19.3. The van der Waals surface area contributed by atoms with Crippen LogP contribution in [0.5, 0.6) is 11.5 Å². The van der Waals surface area contributed by atoms with Gasteiger partial charge >= 0.3 is 0 Å². The molecule has 0 radical (unpaired) electrons. The molecule has 2 heterocycles. The second-order valence-corrected chi connectivity index (χ2v) is 6.43. The fourth-order valence-corrected chi connectivity index (χ4v) is 3.28. The van der Waals surface area contributed by atoms with Gasteiger partial charge in [0.05, 0.1) is 12.8 Å². The average Bonchev–Trinajstić information content (AvgIpc) is 2.75. The molecule has 0 bridgehead atoms. The predicted octanol–water partition coefficient (Wildman–Crippen LogP) is 4.35. The van der Waals surface area contributed by atoms with E-state index in [0.717, 1.165) is 28.1 Å². The molecule has 5 nitrogen and oxygen atoms in total. The van der Waals surface area contributed by atoms with Crippen LogP contribution in [-0.4, -0.2) is 16.7 Å². The number of aromatic amines is 1. The van der Waals surface area contributed by atoms with Crippen LogP contribution in [0.4, 0.5) is 5.82 Å². The third-order valence-electron chi connectivity index (χ3n) is 4.62. The van der Waals surface area contributed by atoms with Crippen LogP contribution in [0.3, 0.4) is 0 Å². The molecule has 3 N–H and O–H groups in total. The summed E-state index contributed by atoms with van der Waals surface area (Å²) in [4.78, 5) is 7.55. The van der Waals surface area contributed by atoms with Gasteiger partial charge in [0.2, 0.25) is 0 Å². The number of fused-ring (bicyclic) bond motifs is 1. The van der Waals surface area contributed by atoms with Gasteiger partial charge in [0.15, 0.2) is 0 Å². The second-order valence-electron chi connectivity index (χ2n) is 6.43. The Morgan fingerprint density at radius 1 is 1.04 bits per heavy atom. The van der Waals surface area contributed by atoms with E-state index in [9.17, 15) is 5.11 Å². The van der Waals surface area contributed by atoms with Crippen molar-refractivity contribution in [3.8, 4) is 11.5 Å². The molecule has 140 valence electrons. The Bertz CT molecular complexity index is 1070. The minimum Gasteiger partial charge on any atom is -0.505 e. The summed E-state index contributed by atoms with van der Waals surface area (Å²) in [5.74, 6) is 1.85. The van der Waals surface area contributed by atoms with Gasteiger partial charge in [0.25, 0.3) is 5.82 Å². The van der Waals surface area contributed by atoms with Crippen LogP contribution >= 0.6 is 0 Å². The van der Waals surface area contributed by atoms with E-state index >= 15 is 0 Å². The lowest BCUT2D eigenvalue weighted by Gasteiger charge is -2.18. The molecule has 2 aromatic carbocycles. The molecule has 4 aromatic rings. The summed E-state index contributed by atoms with van der Waals surface area (Å²) in [6.07, 6.45) is 3.55. The van der Waals surface area contributed by atoms with Gasteiger partial charge in [-0.25, -0.2) is 4.98 Å². The summed E-state index contributed by atoms with van der Waals surface area (Å²) in [5.41, 5.74) is 2.36. The van der Waals surface area contributed by atoms with E-state index in [4.69, 9.17) is 4.74 Å². The lowest BCUT2D eigenvalue weighted by atomic mass is 9.96. The number of benzene rings is 2. The Labute approximate surface area is 163 Å². The van der Waals surface area contributed by atoms with Crippen molar-refractivity contribution in [2.45, 2.75) is 13.0 Å². The smallest absolute Gasteiger partial charge is 0.272 e. The number of anilines is 1. The van der Waals surface area contributed by atoms with Gasteiger partial charge in [-0.05, 0) is 37.3 Å². The minimum absolute atomic E-state index is 0.181. The van der Waals surface area contributed by atoms with Crippen molar-refractivity contribution < 1.29 is 14.8 Å². The number of rotatable bonds is 6. The highest BCUT2D eigenvalue weighted by molar-refractivity contribution is 5.85. The molecule has 2 aromatic heterocycles. The normalized spacial score (nSPS) is 11.9. The SMILES string of the molecule is CCOc1ccc([C@H](Nc2cccc[nH+]2)c2ccc3cccnc3c2O)cc1. The summed E-state index contributed by atoms with van der Waals surface area (Å²) in [6, 6.07) is 21.2. The Balaban J connectivity index is 1.79. The number of pyridine rings is 2. The van der Waals surface area contributed by atoms with Crippen molar-refractivity contribution >= 4 is 16.7 Å². The van der Waals surface area contributed by atoms with E-state index in [1.807, 2.05) is 79.9 Å². The Hall–Kier alpha value is -3.60. The van der Waals surface area contributed by atoms with Crippen LogP contribution in [-0.2, 0) is 0 Å². The van der Waals surface area contributed by atoms with Crippen LogP contribution in [0, 0.1) is 0 Å². The summed E-state index contributed by atoms with van der Waals surface area (Å²) in [6.45, 7) is 2.58. The van der Waals surface area contributed by atoms with E-state index in [1.54, 1.807) is 6.20 Å². The third-order valence-corrected chi connectivity index (χ3v) is 4.62. The average molecular weight is 372 g/mol. The topological polar surface area (TPSA) is 68.5 Å². The second kappa shape index (κ2) is 7.96. The van der Waals surface area contributed by atoms with E-state index in [0.29, 0.717) is 12.1 Å². The van der Waals surface area contributed by atoms with Gasteiger partial charge in [-0.15, -0.1) is 0 Å². The minimum atomic E-state index is -0.263. The number of phenols is 1. The highest BCUT2D eigenvalue weighted by Gasteiger charge is 2.24. The molecule has 0 saturated carbocycles. The van der Waals surface area contributed by atoms with Gasteiger partial charge in [-0.3, -0.25) is 10.3 Å². The maximum Gasteiger partial charge on any atom is 0.272 e. The molecule has 0 unspecified atom stereocenters. The van der Waals surface area contributed by atoms with Gasteiger partial charge < -0.3 is 9.84 Å². The molecule has 4 rings (SSSR count). The van der Waals surface area contributed by atoms with Gasteiger partial charge in [-0.1, -0.05) is 30.3 Å². The zero-order valence-electron chi connectivity index (χ0n) is 15.6. The van der Waals surface area contributed by atoms with Crippen molar-refractivity contribution in [3.63, 3.8) is 0 Å². The molecule has 5 heteroatoms. The molecule has 0 aliphatic heterocycles. The number of nitrogens with one attached hydrogen (secondary N) is 2. The third kappa shape index (κ3) is 3.60. The molecular weight excluding hydrogens is 350 g/mol. The molecule has 0 amide bonds. The van der Waals surface area contributed by atoms with Gasteiger partial charge in [0.1, 0.15) is 23.1 Å². The molecule has 0 spiro atoms. The number of hydrogen-bond acceptors (Lipinski definition) is 4. The first-order chi connectivity index (χ1) is 13.8. The van der Waals surface area contributed by atoms with Crippen molar-refractivity contribution in [2.75, 3.05) is 11.9 Å². The van der Waals surface area contributed by atoms with Crippen LogP contribution in [0.15, 0.2) is 79.1 Å². The molecule has 1 atom stereocenters. The maximum absolute atomic E-state index is 11.0. The summed E-state index contributed by atoms with van der Waals surface area (Å²) in [5, 5.41) is 15.3. The fourth-order valence-electron chi connectivity index (χ4n) is 3.28. The van der Waals surface area contributed by atoms with E-state index in [1.165, 1.54) is 0 Å². The Kier molecular flexibility index (Phi) is 5.06. The lowest BCUT2D eigenvalue weighted by molar-refractivity contribution is -0.361. The number of nitrogens with zero attached hydrogens (tertiary/aromatic N) is 1. The van der Waals surface area contributed by atoms with Crippen molar-refractivity contribution in [1.82, 2.24) is 4.98 Å². The molecule has 28 heavy (non-hydrogen) atoms. The number of aromatic nitrogens is 2.